The van der Waals surface area contributed by atoms with Gasteiger partial charge in [-0.25, -0.2) is 4.98 Å². The third-order valence-electron chi connectivity index (χ3n) is 2.44. The van der Waals surface area contributed by atoms with E-state index in [4.69, 9.17) is 10.00 Å². The highest BCUT2D eigenvalue weighted by Crippen LogP contribution is 2.23. The SMILES string of the molecule is CCc1ccc(Oc2cccnc2C#N)cc1. The zero-order valence-corrected chi connectivity index (χ0v) is 9.55. The molecule has 0 aliphatic heterocycles. The Morgan fingerprint density at radius 3 is 2.65 bits per heavy atom. The van der Waals surface area contributed by atoms with E-state index in [1.165, 1.54) is 5.56 Å². The van der Waals surface area contributed by atoms with Crippen molar-refractivity contribution in [2.75, 3.05) is 0 Å². The summed E-state index contributed by atoms with van der Waals surface area (Å²) in [7, 11) is 0. The maximum Gasteiger partial charge on any atom is 0.183 e. The van der Waals surface area contributed by atoms with Gasteiger partial charge in [-0.05, 0) is 36.2 Å². The molecule has 0 amide bonds. The van der Waals surface area contributed by atoms with Gasteiger partial charge in [-0.3, -0.25) is 0 Å². The van der Waals surface area contributed by atoms with Crippen molar-refractivity contribution < 1.29 is 4.74 Å². The first-order valence-electron chi connectivity index (χ1n) is 5.45. The lowest BCUT2D eigenvalue weighted by atomic mass is 10.2. The third-order valence-corrected chi connectivity index (χ3v) is 2.44. The van der Waals surface area contributed by atoms with Crippen LogP contribution in [0.1, 0.15) is 18.2 Å². The highest BCUT2D eigenvalue weighted by Gasteiger charge is 2.04. The Morgan fingerprint density at radius 1 is 1.24 bits per heavy atom. The molecule has 1 aromatic carbocycles. The molecule has 0 unspecified atom stereocenters. The fraction of sp³-hybridized carbons (Fsp3) is 0.143. The van der Waals surface area contributed by atoms with Crippen molar-refractivity contribution in [3.8, 4) is 17.6 Å². The van der Waals surface area contributed by atoms with Crippen molar-refractivity contribution in [3.05, 3.63) is 53.9 Å². The van der Waals surface area contributed by atoms with Crippen molar-refractivity contribution >= 4 is 0 Å². The van der Waals surface area contributed by atoms with Gasteiger partial charge in [-0.15, -0.1) is 0 Å². The van der Waals surface area contributed by atoms with Gasteiger partial charge in [0.25, 0.3) is 0 Å². The summed E-state index contributed by atoms with van der Waals surface area (Å²) in [5, 5.41) is 8.89. The number of nitriles is 1. The quantitative estimate of drug-likeness (QED) is 0.803. The van der Waals surface area contributed by atoms with E-state index in [0.717, 1.165) is 6.42 Å². The summed E-state index contributed by atoms with van der Waals surface area (Å²) < 4.78 is 5.61. The van der Waals surface area contributed by atoms with Crippen LogP contribution in [0.2, 0.25) is 0 Å². The van der Waals surface area contributed by atoms with Crippen LogP contribution in [0.3, 0.4) is 0 Å². The minimum absolute atomic E-state index is 0.298. The van der Waals surface area contributed by atoms with Crippen molar-refractivity contribution in [3.63, 3.8) is 0 Å². The zero-order chi connectivity index (χ0) is 12.1. The molecular weight excluding hydrogens is 212 g/mol. The van der Waals surface area contributed by atoms with Crippen LogP contribution >= 0.6 is 0 Å². The predicted octanol–water partition coefficient (Wildman–Crippen LogP) is 3.31. The minimum Gasteiger partial charge on any atom is -0.454 e. The van der Waals surface area contributed by atoms with Gasteiger partial charge < -0.3 is 4.74 Å². The Bertz CT molecular complexity index is 541. The number of rotatable bonds is 3. The Hall–Kier alpha value is -2.34. The van der Waals surface area contributed by atoms with E-state index in [0.29, 0.717) is 17.2 Å². The molecule has 0 bridgehead atoms. The first-order valence-corrected chi connectivity index (χ1v) is 5.45. The molecule has 1 aromatic heterocycles. The highest BCUT2D eigenvalue weighted by atomic mass is 16.5. The lowest BCUT2D eigenvalue weighted by Crippen LogP contribution is -1.90. The third kappa shape index (κ3) is 2.61. The normalized spacial score (nSPS) is 9.65. The Morgan fingerprint density at radius 2 is 2.00 bits per heavy atom. The molecule has 0 atom stereocenters. The molecule has 3 nitrogen and oxygen atoms in total. The van der Waals surface area contributed by atoms with Crippen molar-refractivity contribution in [1.82, 2.24) is 4.98 Å². The number of ether oxygens (including phenoxy) is 1. The molecule has 0 aliphatic carbocycles. The summed E-state index contributed by atoms with van der Waals surface area (Å²) in [6, 6.07) is 13.3. The number of hydrogen-bond acceptors (Lipinski definition) is 3. The van der Waals surface area contributed by atoms with Crippen LogP contribution in [0.5, 0.6) is 11.5 Å². The van der Waals surface area contributed by atoms with E-state index in [1.54, 1.807) is 18.3 Å². The number of aromatic nitrogens is 1. The highest BCUT2D eigenvalue weighted by molar-refractivity contribution is 5.40. The number of hydrogen-bond donors (Lipinski definition) is 0. The second-order valence-electron chi connectivity index (χ2n) is 3.56. The van der Waals surface area contributed by atoms with Crippen LogP contribution in [-0.2, 0) is 6.42 Å². The first-order chi connectivity index (χ1) is 8.33. The molecule has 0 saturated carbocycles. The molecule has 0 N–H and O–H groups in total. The van der Waals surface area contributed by atoms with Gasteiger partial charge in [0.15, 0.2) is 11.4 Å². The Labute approximate surface area is 100 Å². The molecule has 2 aromatic rings. The Kier molecular flexibility index (Phi) is 3.37. The predicted molar refractivity (Wildman–Crippen MR) is 64.8 cm³/mol. The lowest BCUT2D eigenvalue weighted by molar-refractivity contribution is 0.478. The topological polar surface area (TPSA) is 45.9 Å². The van der Waals surface area contributed by atoms with Crippen LogP contribution in [0.25, 0.3) is 0 Å². The summed E-state index contributed by atoms with van der Waals surface area (Å²) >= 11 is 0. The number of aryl methyl sites for hydroxylation is 1. The van der Waals surface area contributed by atoms with E-state index >= 15 is 0 Å². The number of nitrogens with zero attached hydrogens (tertiary/aromatic N) is 2. The van der Waals surface area contributed by atoms with Crippen molar-refractivity contribution in [2.45, 2.75) is 13.3 Å². The van der Waals surface area contributed by atoms with Crippen molar-refractivity contribution in [2.24, 2.45) is 0 Å². The van der Waals surface area contributed by atoms with E-state index in [-0.39, 0.29) is 0 Å². The summed E-state index contributed by atoms with van der Waals surface area (Å²) in [6.45, 7) is 2.10. The summed E-state index contributed by atoms with van der Waals surface area (Å²) in [5.41, 5.74) is 1.55. The molecule has 0 aliphatic rings. The van der Waals surface area contributed by atoms with E-state index in [1.807, 2.05) is 30.3 Å². The van der Waals surface area contributed by atoms with E-state index in [9.17, 15) is 0 Å². The molecule has 1 heterocycles. The molecule has 0 radical (unpaired) electrons. The van der Waals surface area contributed by atoms with Gasteiger partial charge in [0, 0.05) is 6.20 Å². The summed E-state index contributed by atoms with van der Waals surface area (Å²) in [5.74, 6) is 1.20. The molecule has 0 fully saturated rings. The van der Waals surface area contributed by atoms with Gasteiger partial charge in [-0.1, -0.05) is 19.1 Å². The van der Waals surface area contributed by atoms with E-state index in [2.05, 4.69) is 11.9 Å². The minimum atomic E-state index is 0.298. The van der Waals surface area contributed by atoms with Crippen LogP contribution in [0.15, 0.2) is 42.6 Å². The van der Waals surface area contributed by atoms with Crippen LogP contribution in [0, 0.1) is 11.3 Å². The first kappa shape index (κ1) is 11.2. The summed E-state index contributed by atoms with van der Waals surface area (Å²) in [6.07, 6.45) is 2.57. The molecule has 3 heteroatoms. The van der Waals surface area contributed by atoms with Gasteiger partial charge >= 0.3 is 0 Å². The molecule has 17 heavy (non-hydrogen) atoms. The largest absolute Gasteiger partial charge is 0.454 e. The monoisotopic (exact) mass is 224 g/mol. The number of benzene rings is 1. The molecule has 0 saturated heterocycles. The van der Waals surface area contributed by atoms with Gasteiger partial charge in [0.1, 0.15) is 11.8 Å². The van der Waals surface area contributed by atoms with Crippen molar-refractivity contribution in [1.29, 1.82) is 5.26 Å². The van der Waals surface area contributed by atoms with Gasteiger partial charge in [0.05, 0.1) is 0 Å². The van der Waals surface area contributed by atoms with Gasteiger partial charge in [-0.2, -0.15) is 5.26 Å². The molecule has 84 valence electrons. The maximum absolute atomic E-state index is 8.89. The fourth-order valence-corrected chi connectivity index (χ4v) is 1.48. The van der Waals surface area contributed by atoms with Crippen LogP contribution < -0.4 is 4.74 Å². The smallest absolute Gasteiger partial charge is 0.183 e. The van der Waals surface area contributed by atoms with Crippen LogP contribution in [0.4, 0.5) is 0 Å². The molecule has 0 spiro atoms. The average molecular weight is 224 g/mol. The molecular formula is C14H12N2O. The summed E-state index contributed by atoms with van der Waals surface area (Å²) in [4.78, 5) is 3.94. The molecule has 2 rings (SSSR count). The fourth-order valence-electron chi connectivity index (χ4n) is 1.48. The standard InChI is InChI=1S/C14H12N2O/c1-2-11-5-7-12(8-6-11)17-14-4-3-9-16-13(14)10-15/h3-9H,2H2,1H3. The second-order valence-corrected chi connectivity index (χ2v) is 3.56. The van der Waals surface area contributed by atoms with Crippen LogP contribution in [-0.4, -0.2) is 4.98 Å². The Balaban J connectivity index is 2.23. The van der Waals surface area contributed by atoms with Gasteiger partial charge in [0.2, 0.25) is 0 Å². The number of pyridine rings is 1. The average Bonchev–Trinajstić information content (AvgIpc) is 2.40. The second kappa shape index (κ2) is 5.13. The van der Waals surface area contributed by atoms with E-state index < -0.39 is 0 Å². The maximum atomic E-state index is 8.89. The lowest BCUT2D eigenvalue weighted by Gasteiger charge is -2.06. The zero-order valence-electron chi connectivity index (χ0n) is 9.55.